The van der Waals surface area contributed by atoms with E-state index in [0.717, 1.165) is 43.6 Å². The number of anilines is 4. The Morgan fingerprint density at radius 3 is 2.41 bits per heavy atom. The summed E-state index contributed by atoms with van der Waals surface area (Å²) in [5.74, 6) is -0.270. The fourth-order valence-electron chi connectivity index (χ4n) is 7.40. The highest BCUT2D eigenvalue weighted by Crippen LogP contribution is 2.43. The van der Waals surface area contributed by atoms with Gasteiger partial charge in [0.25, 0.3) is 5.91 Å². The van der Waals surface area contributed by atoms with Gasteiger partial charge in [0, 0.05) is 29.2 Å². The third-order valence-electron chi connectivity index (χ3n) is 10.5. The number of carbonyl (C=O) groups is 4. The Labute approximate surface area is 328 Å². The van der Waals surface area contributed by atoms with Gasteiger partial charge in [-0.15, -0.1) is 12.6 Å². The molecule has 3 aliphatic heterocycles. The largest absolute Gasteiger partial charge is 0.493 e. The number of aryl methyl sites for hydroxylation is 1. The van der Waals surface area contributed by atoms with Gasteiger partial charge in [0.2, 0.25) is 17.7 Å². The van der Waals surface area contributed by atoms with Crippen molar-refractivity contribution < 1.29 is 37.1 Å². The SMILES string of the molecule is CCc1cc(N2C(S)N(c3ccc(C#N)c(C(F)(F)F)c3)C(=O)C2(C)C)ccc1OCC1CCN(CC(=O)Nc2cccc(NC3CCC(=O)NC3=O)c2)CC1. The standard InChI is InChI=1S/C40H44F3N7O5S/c1-4-25-18-30(50-38(56)49(37(54)39(50,2)3)29-9-8-26(21-44)31(20-29)40(41,42)43)10-12-33(25)55-23-24-14-16-48(17-15-24)22-35(52)46-28-7-5-6-27(19-28)45-32-11-13-34(51)47-36(32)53/h5-10,12,18-20,24,32,38,45,56H,4,11,13-17,22-23H2,1-3H3,(H,46,52)(H,47,51,53). The Morgan fingerprint density at radius 2 is 1.73 bits per heavy atom. The summed E-state index contributed by atoms with van der Waals surface area (Å²) in [6, 6.07) is 17.0. The highest BCUT2D eigenvalue weighted by atomic mass is 32.1. The number of alkyl halides is 3. The minimum Gasteiger partial charge on any atom is -0.493 e. The van der Waals surface area contributed by atoms with Crippen LogP contribution in [0, 0.1) is 17.2 Å². The van der Waals surface area contributed by atoms with E-state index in [-0.39, 0.29) is 42.3 Å². The normalized spacial score (nSPS) is 20.4. The molecule has 0 spiro atoms. The predicted octanol–water partition coefficient (Wildman–Crippen LogP) is 5.93. The maximum Gasteiger partial charge on any atom is 0.417 e. The van der Waals surface area contributed by atoms with Gasteiger partial charge >= 0.3 is 6.18 Å². The molecule has 56 heavy (non-hydrogen) atoms. The van der Waals surface area contributed by atoms with Crippen LogP contribution in [-0.4, -0.2) is 71.8 Å². The quantitative estimate of drug-likeness (QED) is 0.137. The van der Waals surface area contributed by atoms with E-state index in [1.807, 2.05) is 25.1 Å². The number of benzene rings is 3. The Kier molecular flexibility index (Phi) is 11.9. The van der Waals surface area contributed by atoms with Gasteiger partial charge in [-0.25, -0.2) is 0 Å². The fraction of sp³-hybridized carbons (Fsp3) is 0.425. The lowest BCUT2D eigenvalue weighted by Gasteiger charge is -2.34. The van der Waals surface area contributed by atoms with Crippen molar-refractivity contribution in [1.82, 2.24) is 10.2 Å². The number of piperidine rings is 2. The highest BCUT2D eigenvalue weighted by Gasteiger charge is 2.52. The van der Waals surface area contributed by atoms with Crippen molar-refractivity contribution in [2.45, 2.75) is 76.1 Å². The van der Waals surface area contributed by atoms with Crippen LogP contribution in [-0.2, 0) is 31.8 Å². The molecular weight excluding hydrogens is 748 g/mol. The van der Waals surface area contributed by atoms with Crippen LogP contribution in [0.1, 0.15) is 63.1 Å². The van der Waals surface area contributed by atoms with Gasteiger partial charge in [0.1, 0.15) is 17.3 Å². The number of rotatable bonds is 11. The Balaban J connectivity index is 1.02. The Hall–Kier alpha value is -5.27. The molecule has 2 atom stereocenters. The second-order valence-electron chi connectivity index (χ2n) is 14.7. The van der Waals surface area contributed by atoms with E-state index in [0.29, 0.717) is 42.3 Å². The number of ether oxygens (including phenoxy) is 1. The summed E-state index contributed by atoms with van der Waals surface area (Å²) in [7, 11) is 0. The molecule has 12 nitrogen and oxygen atoms in total. The molecule has 3 aliphatic rings. The van der Waals surface area contributed by atoms with Gasteiger partial charge in [-0.1, -0.05) is 13.0 Å². The molecule has 2 unspecified atom stereocenters. The number of thiol groups is 1. The number of hydrogen-bond acceptors (Lipinski definition) is 10. The van der Waals surface area contributed by atoms with Crippen LogP contribution in [0.3, 0.4) is 0 Å². The number of amides is 4. The Bertz CT molecular complexity index is 2050. The number of hydrogen-bond donors (Lipinski definition) is 4. The van der Waals surface area contributed by atoms with Crippen LogP contribution in [0.2, 0.25) is 0 Å². The second-order valence-corrected chi connectivity index (χ2v) is 15.2. The third-order valence-corrected chi connectivity index (χ3v) is 11.0. The van der Waals surface area contributed by atoms with Gasteiger partial charge < -0.3 is 20.3 Å². The van der Waals surface area contributed by atoms with Crippen molar-refractivity contribution in [3.05, 3.63) is 77.4 Å². The summed E-state index contributed by atoms with van der Waals surface area (Å²) in [6.45, 7) is 7.53. The van der Waals surface area contributed by atoms with Crippen molar-refractivity contribution in [2.75, 3.05) is 46.7 Å². The zero-order valence-electron chi connectivity index (χ0n) is 31.3. The molecule has 4 amide bonds. The molecule has 3 aromatic rings. The van der Waals surface area contributed by atoms with Gasteiger partial charge in [-0.2, -0.15) is 18.4 Å². The molecule has 6 rings (SSSR count). The molecule has 3 saturated heterocycles. The fourth-order valence-corrected chi connectivity index (χ4v) is 8.06. The van der Waals surface area contributed by atoms with E-state index < -0.39 is 40.3 Å². The molecular formula is C40H44F3N7O5S. The molecule has 0 radical (unpaired) electrons. The monoisotopic (exact) mass is 791 g/mol. The first-order chi connectivity index (χ1) is 26.6. The van der Waals surface area contributed by atoms with Crippen LogP contribution in [0.4, 0.5) is 35.9 Å². The first-order valence-electron chi connectivity index (χ1n) is 18.5. The molecule has 0 aliphatic carbocycles. The predicted molar refractivity (Wildman–Crippen MR) is 208 cm³/mol. The number of halogens is 3. The van der Waals surface area contributed by atoms with Crippen LogP contribution in [0.15, 0.2) is 60.7 Å². The van der Waals surface area contributed by atoms with Gasteiger partial charge in [-0.05, 0) is 119 Å². The smallest absolute Gasteiger partial charge is 0.417 e. The lowest BCUT2D eigenvalue weighted by atomic mass is 9.97. The molecule has 3 fully saturated rings. The van der Waals surface area contributed by atoms with Crippen LogP contribution >= 0.6 is 12.6 Å². The molecule has 3 heterocycles. The first-order valence-corrected chi connectivity index (χ1v) is 19.0. The van der Waals surface area contributed by atoms with Crippen molar-refractivity contribution >= 4 is 59.0 Å². The number of likely N-dealkylation sites (tertiary alicyclic amines) is 1. The lowest BCUT2D eigenvalue weighted by Crippen LogP contribution is -2.47. The van der Waals surface area contributed by atoms with Crippen LogP contribution in [0.25, 0.3) is 0 Å². The lowest BCUT2D eigenvalue weighted by molar-refractivity contribution is -0.138. The van der Waals surface area contributed by atoms with Crippen molar-refractivity contribution in [3.63, 3.8) is 0 Å². The van der Waals surface area contributed by atoms with E-state index in [2.05, 4.69) is 20.9 Å². The van der Waals surface area contributed by atoms with Gasteiger partial charge in [0.15, 0.2) is 5.50 Å². The summed E-state index contributed by atoms with van der Waals surface area (Å²) in [6.07, 6.45) is -1.81. The average molecular weight is 792 g/mol. The molecule has 0 bridgehead atoms. The molecule has 0 saturated carbocycles. The van der Waals surface area contributed by atoms with E-state index in [1.54, 1.807) is 49.1 Å². The van der Waals surface area contributed by atoms with Crippen molar-refractivity contribution in [2.24, 2.45) is 5.92 Å². The van der Waals surface area contributed by atoms with Gasteiger partial charge in [-0.3, -0.25) is 34.3 Å². The number of nitriles is 1. The zero-order chi connectivity index (χ0) is 40.4. The molecule has 0 aromatic heterocycles. The van der Waals surface area contributed by atoms with E-state index in [9.17, 15) is 37.6 Å². The van der Waals surface area contributed by atoms with Crippen LogP contribution < -0.4 is 30.5 Å². The van der Waals surface area contributed by atoms with Gasteiger partial charge in [0.05, 0.1) is 30.3 Å². The maximum absolute atomic E-state index is 13.8. The molecule has 3 aromatic carbocycles. The van der Waals surface area contributed by atoms with Crippen molar-refractivity contribution in [3.8, 4) is 11.8 Å². The summed E-state index contributed by atoms with van der Waals surface area (Å²) in [4.78, 5) is 55.3. The average Bonchev–Trinajstić information content (AvgIpc) is 3.33. The van der Waals surface area contributed by atoms with E-state index in [4.69, 9.17) is 17.4 Å². The third kappa shape index (κ3) is 8.74. The minimum atomic E-state index is -4.78. The summed E-state index contributed by atoms with van der Waals surface area (Å²) in [5.41, 5.74) is -0.924. The van der Waals surface area contributed by atoms with Crippen LogP contribution in [0.5, 0.6) is 5.75 Å². The van der Waals surface area contributed by atoms with E-state index >= 15 is 0 Å². The number of nitrogens with one attached hydrogen (secondary N) is 3. The Morgan fingerprint density at radius 1 is 1.02 bits per heavy atom. The molecule has 296 valence electrons. The summed E-state index contributed by atoms with van der Waals surface area (Å²) < 4.78 is 47.6. The molecule has 16 heteroatoms. The summed E-state index contributed by atoms with van der Waals surface area (Å²) >= 11 is 4.72. The first kappa shape index (κ1) is 40.4. The summed E-state index contributed by atoms with van der Waals surface area (Å²) in [5, 5.41) is 17.6. The number of carbonyl (C=O) groups excluding carboxylic acids is 4. The second kappa shape index (κ2) is 16.4. The van der Waals surface area contributed by atoms with Crippen molar-refractivity contribution in [1.29, 1.82) is 5.26 Å². The number of nitrogens with zero attached hydrogens (tertiary/aromatic N) is 4. The minimum absolute atomic E-state index is 0.00869. The number of imide groups is 1. The zero-order valence-corrected chi connectivity index (χ0v) is 32.2. The highest BCUT2D eigenvalue weighted by molar-refractivity contribution is 7.81. The van der Waals surface area contributed by atoms with E-state index in [1.165, 1.54) is 11.0 Å². The topological polar surface area (TPSA) is 147 Å². The maximum atomic E-state index is 13.8. The molecule has 3 N–H and O–H groups in total.